The van der Waals surface area contributed by atoms with Crippen LogP contribution >= 0.6 is 0 Å². The minimum atomic E-state index is -0.741. The number of anilines is 1. The second kappa shape index (κ2) is 6.57. The summed E-state index contributed by atoms with van der Waals surface area (Å²) in [6.07, 6.45) is 2.97. The van der Waals surface area contributed by atoms with Crippen molar-refractivity contribution in [3.8, 4) is 6.07 Å². The van der Waals surface area contributed by atoms with Crippen LogP contribution < -0.4 is 4.90 Å². The number of piperidine rings is 1. The number of carboxylic acid groups (broad SMARTS) is 1. The van der Waals surface area contributed by atoms with E-state index in [1.54, 1.807) is 0 Å². The molecule has 1 aliphatic heterocycles. The molecule has 2 heterocycles. The van der Waals surface area contributed by atoms with Gasteiger partial charge in [0, 0.05) is 25.2 Å². The molecular formula is C16H21N3O2. The predicted octanol–water partition coefficient (Wildman–Crippen LogP) is 2.65. The van der Waals surface area contributed by atoms with Crippen molar-refractivity contribution < 1.29 is 9.90 Å². The number of aliphatic carboxylic acids is 1. The van der Waals surface area contributed by atoms with Crippen molar-refractivity contribution in [3.05, 3.63) is 22.9 Å². The van der Waals surface area contributed by atoms with E-state index < -0.39 is 5.97 Å². The molecule has 0 bridgehead atoms. The Kier molecular flexibility index (Phi) is 4.79. The zero-order valence-electron chi connectivity index (χ0n) is 12.6. The van der Waals surface area contributed by atoms with Gasteiger partial charge in [0.2, 0.25) is 0 Å². The number of pyridine rings is 1. The number of carbonyl (C=O) groups is 1. The van der Waals surface area contributed by atoms with Crippen molar-refractivity contribution in [1.82, 2.24) is 4.98 Å². The quantitative estimate of drug-likeness (QED) is 0.921. The monoisotopic (exact) mass is 287 g/mol. The molecular weight excluding hydrogens is 266 g/mol. The minimum Gasteiger partial charge on any atom is -0.481 e. The highest BCUT2D eigenvalue weighted by Crippen LogP contribution is 2.28. The molecule has 2 rings (SSSR count). The predicted molar refractivity (Wildman–Crippen MR) is 80.2 cm³/mol. The number of aromatic nitrogens is 1. The van der Waals surface area contributed by atoms with Crippen molar-refractivity contribution in [1.29, 1.82) is 5.26 Å². The van der Waals surface area contributed by atoms with Crippen molar-refractivity contribution >= 4 is 11.8 Å². The molecule has 0 aromatic carbocycles. The average molecular weight is 287 g/mol. The smallest absolute Gasteiger partial charge is 0.303 e. The van der Waals surface area contributed by atoms with Gasteiger partial charge in [-0.1, -0.05) is 0 Å². The minimum absolute atomic E-state index is 0.212. The number of hydrogen-bond donors (Lipinski definition) is 1. The molecule has 1 atom stereocenters. The average Bonchev–Trinajstić information content (AvgIpc) is 2.44. The lowest BCUT2D eigenvalue weighted by Gasteiger charge is -2.34. The first kappa shape index (κ1) is 15.3. The zero-order chi connectivity index (χ0) is 15.4. The molecule has 1 N–H and O–H groups in total. The van der Waals surface area contributed by atoms with E-state index in [0.29, 0.717) is 17.9 Å². The Hall–Kier alpha value is -2.09. The number of rotatable bonds is 4. The molecule has 1 aromatic rings. The fourth-order valence-electron chi connectivity index (χ4n) is 3.00. The lowest BCUT2D eigenvalue weighted by atomic mass is 9.93. The second-order valence-electron chi connectivity index (χ2n) is 5.78. The lowest BCUT2D eigenvalue weighted by molar-refractivity contribution is -0.137. The molecule has 0 amide bonds. The summed E-state index contributed by atoms with van der Waals surface area (Å²) >= 11 is 0. The van der Waals surface area contributed by atoms with Gasteiger partial charge in [-0.05, 0) is 50.7 Å². The van der Waals surface area contributed by atoms with Gasteiger partial charge in [-0.3, -0.25) is 4.79 Å². The summed E-state index contributed by atoms with van der Waals surface area (Å²) in [5, 5.41) is 18.2. The van der Waals surface area contributed by atoms with Crippen LogP contribution in [-0.2, 0) is 4.79 Å². The van der Waals surface area contributed by atoms with E-state index in [1.807, 2.05) is 19.9 Å². The van der Waals surface area contributed by atoms with Crippen LogP contribution in [0, 0.1) is 31.1 Å². The first-order valence-corrected chi connectivity index (χ1v) is 7.36. The van der Waals surface area contributed by atoms with Crippen LogP contribution in [0.4, 0.5) is 5.82 Å². The molecule has 21 heavy (non-hydrogen) atoms. The molecule has 0 aliphatic carbocycles. The highest BCUT2D eigenvalue weighted by Gasteiger charge is 2.24. The Morgan fingerprint density at radius 2 is 2.33 bits per heavy atom. The Bertz CT molecular complexity index is 578. The fourth-order valence-corrected chi connectivity index (χ4v) is 3.00. The molecule has 1 saturated heterocycles. The SMILES string of the molecule is Cc1cc(C)c(C#N)c(N2CCCC(CCC(=O)O)C2)n1. The van der Waals surface area contributed by atoms with Gasteiger partial charge in [-0.25, -0.2) is 4.98 Å². The van der Waals surface area contributed by atoms with Gasteiger partial charge in [0.25, 0.3) is 0 Å². The number of hydrogen-bond acceptors (Lipinski definition) is 4. The second-order valence-corrected chi connectivity index (χ2v) is 5.78. The lowest BCUT2D eigenvalue weighted by Crippen LogP contribution is -2.36. The van der Waals surface area contributed by atoms with Gasteiger partial charge in [-0.15, -0.1) is 0 Å². The Morgan fingerprint density at radius 3 is 3.00 bits per heavy atom. The molecule has 0 saturated carbocycles. The summed E-state index contributed by atoms with van der Waals surface area (Å²) in [6.45, 7) is 5.54. The Balaban J connectivity index is 2.18. The normalized spacial score (nSPS) is 18.3. The summed E-state index contributed by atoms with van der Waals surface area (Å²) in [4.78, 5) is 17.4. The van der Waals surface area contributed by atoms with Crippen molar-refractivity contribution in [2.45, 2.75) is 39.5 Å². The number of nitriles is 1. The van der Waals surface area contributed by atoms with Gasteiger partial charge in [0.1, 0.15) is 11.9 Å². The molecule has 1 aliphatic rings. The molecule has 1 unspecified atom stereocenters. The Labute approximate surface area is 125 Å². The maximum Gasteiger partial charge on any atom is 0.303 e. The largest absolute Gasteiger partial charge is 0.481 e. The first-order valence-electron chi connectivity index (χ1n) is 7.36. The van der Waals surface area contributed by atoms with Crippen LogP contribution in [0.2, 0.25) is 0 Å². The van der Waals surface area contributed by atoms with E-state index >= 15 is 0 Å². The molecule has 0 spiro atoms. The number of carboxylic acids is 1. The maximum absolute atomic E-state index is 10.7. The third-order valence-corrected chi connectivity index (χ3v) is 4.02. The van der Waals surface area contributed by atoms with Gasteiger partial charge in [0.15, 0.2) is 0 Å². The van der Waals surface area contributed by atoms with E-state index in [2.05, 4.69) is 16.0 Å². The van der Waals surface area contributed by atoms with Crippen LogP contribution in [0.5, 0.6) is 0 Å². The Morgan fingerprint density at radius 1 is 1.57 bits per heavy atom. The highest BCUT2D eigenvalue weighted by molar-refractivity contribution is 5.66. The van der Waals surface area contributed by atoms with Gasteiger partial charge in [0.05, 0.1) is 5.56 Å². The van der Waals surface area contributed by atoms with Crippen LogP contribution in [0.1, 0.15) is 42.5 Å². The maximum atomic E-state index is 10.7. The van der Waals surface area contributed by atoms with Crippen molar-refractivity contribution in [2.75, 3.05) is 18.0 Å². The van der Waals surface area contributed by atoms with Crippen molar-refractivity contribution in [3.63, 3.8) is 0 Å². The highest BCUT2D eigenvalue weighted by atomic mass is 16.4. The standard InChI is InChI=1S/C16H21N3O2/c1-11-8-12(2)18-16(14(11)9-17)19-7-3-4-13(10-19)5-6-15(20)21/h8,13H,3-7,10H2,1-2H3,(H,20,21). The topological polar surface area (TPSA) is 77.2 Å². The van der Waals surface area contributed by atoms with Crippen LogP contribution in [-0.4, -0.2) is 29.1 Å². The fraction of sp³-hybridized carbons (Fsp3) is 0.562. The summed E-state index contributed by atoms with van der Waals surface area (Å²) in [6, 6.07) is 4.18. The molecule has 5 nitrogen and oxygen atoms in total. The third-order valence-electron chi connectivity index (χ3n) is 4.02. The molecule has 1 fully saturated rings. The zero-order valence-corrected chi connectivity index (χ0v) is 12.6. The van der Waals surface area contributed by atoms with E-state index in [1.165, 1.54) is 0 Å². The van der Waals surface area contributed by atoms with E-state index in [0.717, 1.165) is 43.0 Å². The summed E-state index contributed by atoms with van der Waals surface area (Å²) in [5.74, 6) is 0.383. The van der Waals surface area contributed by atoms with E-state index in [-0.39, 0.29) is 6.42 Å². The first-order chi connectivity index (χ1) is 10.0. The molecule has 112 valence electrons. The number of nitrogens with zero attached hydrogens (tertiary/aromatic N) is 3. The van der Waals surface area contributed by atoms with Crippen molar-refractivity contribution in [2.24, 2.45) is 5.92 Å². The third kappa shape index (κ3) is 3.72. The summed E-state index contributed by atoms with van der Waals surface area (Å²) in [7, 11) is 0. The van der Waals surface area contributed by atoms with Crippen LogP contribution in [0.25, 0.3) is 0 Å². The van der Waals surface area contributed by atoms with E-state index in [4.69, 9.17) is 5.11 Å². The molecule has 1 aromatic heterocycles. The van der Waals surface area contributed by atoms with Crippen LogP contribution in [0.15, 0.2) is 6.07 Å². The number of aryl methyl sites for hydroxylation is 2. The van der Waals surface area contributed by atoms with Gasteiger partial charge in [-0.2, -0.15) is 5.26 Å². The molecule has 5 heteroatoms. The summed E-state index contributed by atoms with van der Waals surface area (Å²) < 4.78 is 0. The van der Waals surface area contributed by atoms with Gasteiger partial charge < -0.3 is 10.0 Å². The van der Waals surface area contributed by atoms with Gasteiger partial charge >= 0.3 is 5.97 Å². The van der Waals surface area contributed by atoms with Crippen LogP contribution in [0.3, 0.4) is 0 Å². The summed E-state index contributed by atoms with van der Waals surface area (Å²) in [5.41, 5.74) is 2.50. The van der Waals surface area contributed by atoms with E-state index in [9.17, 15) is 10.1 Å². The molecule has 0 radical (unpaired) electrons.